The van der Waals surface area contributed by atoms with Crippen LogP contribution in [0, 0.1) is 10.1 Å². The van der Waals surface area contributed by atoms with Crippen LogP contribution in [0.15, 0.2) is 82.6 Å². The van der Waals surface area contributed by atoms with Crippen LogP contribution in [0.3, 0.4) is 0 Å². The lowest BCUT2D eigenvalue weighted by Crippen LogP contribution is -2.19. The first-order chi connectivity index (χ1) is 17.3. The molecule has 0 radical (unpaired) electrons. The quantitative estimate of drug-likeness (QED) is 0.175. The molecule has 36 heavy (non-hydrogen) atoms. The van der Waals surface area contributed by atoms with E-state index in [1.807, 2.05) is 0 Å². The highest BCUT2D eigenvalue weighted by Gasteiger charge is 2.21. The molecule has 1 N–H and O–H groups in total. The lowest BCUT2D eigenvalue weighted by molar-refractivity contribution is -0.384. The van der Waals surface area contributed by atoms with Gasteiger partial charge in [0.15, 0.2) is 0 Å². The van der Waals surface area contributed by atoms with Gasteiger partial charge in [-0.15, -0.1) is 0 Å². The van der Waals surface area contributed by atoms with Crippen LogP contribution < -0.4 is 10.3 Å². The molecule has 1 heterocycles. The van der Waals surface area contributed by atoms with Gasteiger partial charge in [-0.3, -0.25) is 25.0 Å². The minimum Gasteiger partial charge on any atom is -0.497 e. The van der Waals surface area contributed by atoms with Crippen LogP contribution in [0.2, 0.25) is 0 Å². The number of nitro benzene ring substituents is 1. The van der Waals surface area contributed by atoms with Crippen molar-refractivity contribution in [2.24, 2.45) is 4.99 Å². The average Bonchev–Trinajstić information content (AvgIpc) is 3.25. The number of aromatic amines is 1. The fourth-order valence-corrected chi connectivity index (χ4v) is 3.73. The number of esters is 1. The largest absolute Gasteiger partial charge is 0.497 e. The molecule has 0 atom stereocenters. The van der Waals surface area contributed by atoms with Gasteiger partial charge in [-0.05, 0) is 55.5 Å². The third-order valence-corrected chi connectivity index (χ3v) is 5.55. The maximum absolute atomic E-state index is 13.6. The number of hydrogen-bond acceptors (Lipinski definition) is 7. The van der Waals surface area contributed by atoms with E-state index in [2.05, 4.69) is 10.1 Å². The second kappa shape index (κ2) is 10.1. The van der Waals surface area contributed by atoms with Crippen LogP contribution in [-0.2, 0) is 4.74 Å². The summed E-state index contributed by atoms with van der Waals surface area (Å²) < 4.78 is 11.4. The third-order valence-electron chi connectivity index (χ3n) is 5.55. The summed E-state index contributed by atoms with van der Waals surface area (Å²) >= 11 is 0. The highest BCUT2D eigenvalue weighted by Crippen LogP contribution is 2.27. The van der Waals surface area contributed by atoms with Crippen molar-refractivity contribution in [2.75, 3.05) is 14.2 Å². The van der Waals surface area contributed by atoms with Crippen molar-refractivity contribution >= 4 is 23.1 Å². The molecule has 0 amide bonds. The van der Waals surface area contributed by atoms with E-state index in [9.17, 15) is 19.7 Å². The molecule has 0 aliphatic rings. The molecule has 4 aromatic rings. The van der Waals surface area contributed by atoms with Crippen molar-refractivity contribution in [1.29, 1.82) is 0 Å². The van der Waals surface area contributed by atoms with Crippen molar-refractivity contribution in [3.63, 3.8) is 0 Å². The molecule has 0 aliphatic heterocycles. The summed E-state index contributed by atoms with van der Waals surface area (Å²) in [6.45, 7) is 1.67. The van der Waals surface area contributed by atoms with Gasteiger partial charge in [0.25, 0.3) is 11.2 Å². The molecule has 0 bridgehead atoms. The van der Waals surface area contributed by atoms with Gasteiger partial charge in [0, 0.05) is 17.7 Å². The zero-order chi connectivity index (χ0) is 25.8. The molecule has 0 saturated heterocycles. The first-order valence-corrected chi connectivity index (χ1v) is 10.8. The van der Waals surface area contributed by atoms with Gasteiger partial charge in [-0.1, -0.05) is 12.1 Å². The van der Waals surface area contributed by atoms with E-state index in [0.29, 0.717) is 34.1 Å². The minimum absolute atomic E-state index is 0.0916. The number of nitro groups is 1. The Morgan fingerprint density at radius 3 is 2.28 bits per heavy atom. The van der Waals surface area contributed by atoms with Gasteiger partial charge in [0.05, 0.1) is 53.1 Å². The summed E-state index contributed by atoms with van der Waals surface area (Å²) in [5.41, 5.74) is 2.34. The Morgan fingerprint density at radius 2 is 1.67 bits per heavy atom. The minimum atomic E-state index is -0.546. The average molecular weight is 486 g/mol. The third kappa shape index (κ3) is 4.64. The summed E-state index contributed by atoms with van der Waals surface area (Å²) in [4.78, 5) is 40.9. The lowest BCUT2D eigenvalue weighted by Gasteiger charge is -2.06. The van der Waals surface area contributed by atoms with Gasteiger partial charge in [0.1, 0.15) is 5.75 Å². The van der Waals surface area contributed by atoms with Crippen LogP contribution in [0.4, 0.5) is 11.4 Å². The van der Waals surface area contributed by atoms with Gasteiger partial charge >= 0.3 is 5.97 Å². The number of carbonyl (C=O) groups excluding carboxylic acids is 1. The Bertz CT molecular complexity index is 1520. The van der Waals surface area contributed by atoms with Crippen LogP contribution >= 0.6 is 0 Å². The SMILES string of the molecule is COC(=O)c1ccccc1N=C(C)c1c(-c2ccc(OC)cc2)[nH]n(-c2ccc([N+](=O)[O-])cc2)c1=O. The van der Waals surface area contributed by atoms with Crippen LogP contribution in [0.25, 0.3) is 16.9 Å². The second-order valence-corrected chi connectivity index (χ2v) is 7.71. The van der Waals surface area contributed by atoms with E-state index in [4.69, 9.17) is 9.47 Å². The molecular formula is C26H22N4O6. The number of H-pyrrole nitrogens is 1. The molecule has 0 aliphatic carbocycles. The van der Waals surface area contributed by atoms with Crippen LogP contribution in [0.5, 0.6) is 5.75 Å². The number of nitrogens with zero attached hydrogens (tertiary/aromatic N) is 3. The van der Waals surface area contributed by atoms with Crippen molar-refractivity contribution in [2.45, 2.75) is 6.92 Å². The van der Waals surface area contributed by atoms with Gasteiger partial charge in [-0.25, -0.2) is 9.48 Å². The standard InChI is InChI=1S/C26H22N4O6/c1-16(27-22-7-5-4-6-21(22)26(32)36-3)23-24(17-8-14-20(35-2)15-9-17)28-29(25(23)31)18-10-12-19(13-11-18)30(33)34/h4-15,28H,1-3H3. The second-order valence-electron chi connectivity index (χ2n) is 7.71. The monoisotopic (exact) mass is 486 g/mol. The fraction of sp³-hybridized carbons (Fsp3) is 0.115. The molecule has 0 spiro atoms. The molecule has 3 aromatic carbocycles. The first kappa shape index (κ1) is 24.1. The summed E-state index contributed by atoms with van der Waals surface area (Å²) in [6, 6.07) is 19.4. The number of hydrogen-bond donors (Lipinski definition) is 1. The zero-order valence-corrected chi connectivity index (χ0v) is 19.7. The molecule has 4 rings (SSSR count). The molecule has 10 nitrogen and oxygen atoms in total. The number of non-ortho nitro benzene ring substituents is 1. The summed E-state index contributed by atoms with van der Waals surface area (Å²) in [5, 5.41) is 14.1. The number of nitrogens with one attached hydrogen (secondary N) is 1. The molecule has 0 saturated carbocycles. The van der Waals surface area contributed by atoms with E-state index in [1.54, 1.807) is 62.6 Å². The topological polar surface area (TPSA) is 129 Å². The number of aromatic nitrogens is 2. The predicted octanol–water partition coefficient (Wildman–Crippen LogP) is 4.68. The number of aliphatic imine (C=N–C) groups is 1. The van der Waals surface area contributed by atoms with Crippen molar-refractivity contribution < 1.29 is 19.2 Å². The maximum atomic E-state index is 13.6. The number of para-hydroxylation sites is 1. The van der Waals surface area contributed by atoms with E-state index in [-0.39, 0.29) is 16.8 Å². The maximum Gasteiger partial charge on any atom is 0.340 e. The van der Waals surface area contributed by atoms with Crippen molar-refractivity contribution in [3.05, 3.63) is 104 Å². The molecule has 182 valence electrons. The molecule has 10 heteroatoms. The molecule has 0 unspecified atom stereocenters. The van der Waals surface area contributed by atoms with Crippen LogP contribution in [-0.4, -0.2) is 40.6 Å². The van der Waals surface area contributed by atoms with Gasteiger partial charge < -0.3 is 9.47 Å². The van der Waals surface area contributed by atoms with Crippen molar-refractivity contribution in [1.82, 2.24) is 9.78 Å². The fourth-order valence-electron chi connectivity index (χ4n) is 3.73. The van der Waals surface area contributed by atoms with Gasteiger partial charge in [-0.2, -0.15) is 0 Å². The van der Waals surface area contributed by atoms with E-state index >= 15 is 0 Å². The van der Waals surface area contributed by atoms with Gasteiger partial charge in [0.2, 0.25) is 0 Å². The summed E-state index contributed by atoms with van der Waals surface area (Å²) in [5.74, 6) is 0.102. The number of rotatable bonds is 7. The van der Waals surface area contributed by atoms with Crippen molar-refractivity contribution in [3.8, 4) is 22.7 Å². The highest BCUT2D eigenvalue weighted by atomic mass is 16.6. The zero-order valence-electron chi connectivity index (χ0n) is 19.7. The smallest absolute Gasteiger partial charge is 0.340 e. The Kier molecular flexibility index (Phi) is 6.77. The Morgan fingerprint density at radius 1 is 1.00 bits per heavy atom. The predicted molar refractivity (Wildman–Crippen MR) is 135 cm³/mol. The van der Waals surface area contributed by atoms with E-state index in [0.717, 1.165) is 0 Å². The molecular weight excluding hydrogens is 464 g/mol. The van der Waals surface area contributed by atoms with E-state index in [1.165, 1.54) is 36.1 Å². The number of ether oxygens (including phenoxy) is 2. The summed E-state index contributed by atoms with van der Waals surface area (Å²) in [7, 11) is 2.84. The number of benzene rings is 3. The van der Waals surface area contributed by atoms with Crippen LogP contribution in [0.1, 0.15) is 22.8 Å². The van der Waals surface area contributed by atoms with E-state index < -0.39 is 16.5 Å². The normalized spacial score (nSPS) is 11.2. The Balaban J connectivity index is 1.91. The Hall–Kier alpha value is -4.99. The Labute approximate surface area is 205 Å². The number of methoxy groups -OCH3 is 2. The summed E-state index contributed by atoms with van der Waals surface area (Å²) in [6.07, 6.45) is 0. The molecule has 0 fully saturated rings. The highest BCUT2D eigenvalue weighted by molar-refractivity contribution is 6.06. The molecule has 1 aromatic heterocycles. The lowest BCUT2D eigenvalue weighted by atomic mass is 10.0. The first-order valence-electron chi connectivity index (χ1n) is 10.8. The number of carbonyl (C=O) groups is 1.